The van der Waals surface area contributed by atoms with Gasteiger partial charge in [0.2, 0.25) is 0 Å². The van der Waals surface area contributed by atoms with Crippen molar-refractivity contribution in [3.63, 3.8) is 0 Å². The lowest BCUT2D eigenvalue weighted by Gasteiger charge is -2.24. The van der Waals surface area contributed by atoms with Crippen LogP contribution in [0.4, 0.5) is 5.82 Å². The Morgan fingerprint density at radius 1 is 1.39 bits per heavy atom. The molecule has 1 N–H and O–H groups in total. The molecule has 0 aromatic carbocycles. The summed E-state index contributed by atoms with van der Waals surface area (Å²) in [5.74, 6) is 1.87. The molecule has 3 rings (SSSR count). The predicted molar refractivity (Wildman–Crippen MR) is 75.1 cm³/mol. The van der Waals surface area contributed by atoms with Crippen LogP contribution in [0.15, 0.2) is 12.3 Å². The van der Waals surface area contributed by atoms with Crippen molar-refractivity contribution in [1.29, 1.82) is 0 Å². The highest BCUT2D eigenvalue weighted by Gasteiger charge is 2.35. The quantitative estimate of drug-likeness (QED) is 0.857. The van der Waals surface area contributed by atoms with Crippen LogP contribution in [0, 0.1) is 5.92 Å². The molecule has 2 aliphatic carbocycles. The van der Waals surface area contributed by atoms with Gasteiger partial charge in [-0.1, -0.05) is 11.6 Å². The van der Waals surface area contributed by atoms with Gasteiger partial charge in [0.25, 0.3) is 0 Å². The van der Waals surface area contributed by atoms with Gasteiger partial charge < -0.3 is 10.2 Å². The summed E-state index contributed by atoms with van der Waals surface area (Å²) in [6, 6.07) is 2.73. The Kier molecular flexibility index (Phi) is 3.44. The average molecular weight is 266 g/mol. The first kappa shape index (κ1) is 12.2. The molecular formula is C14H20ClN3. The van der Waals surface area contributed by atoms with E-state index in [4.69, 9.17) is 11.6 Å². The minimum Gasteiger partial charge on any atom is -0.352 e. The lowest BCUT2D eigenvalue weighted by Crippen LogP contribution is -2.29. The van der Waals surface area contributed by atoms with Gasteiger partial charge in [-0.25, -0.2) is 4.98 Å². The third kappa shape index (κ3) is 2.78. The molecule has 0 saturated heterocycles. The Labute approximate surface area is 114 Å². The maximum Gasteiger partial charge on any atom is 0.147 e. The zero-order valence-electron chi connectivity index (χ0n) is 10.8. The van der Waals surface area contributed by atoms with E-state index in [-0.39, 0.29) is 0 Å². The van der Waals surface area contributed by atoms with Gasteiger partial charge in [-0.2, -0.15) is 0 Å². The van der Waals surface area contributed by atoms with Crippen LogP contribution in [-0.4, -0.2) is 24.6 Å². The Balaban J connectivity index is 1.79. The number of pyridine rings is 1. The SMILES string of the molecule is CNCc1cnc(N(CC2CC2)C2CC2)c(Cl)c1. The van der Waals surface area contributed by atoms with Crippen LogP contribution in [0.25, 0.3) is 0 Å². The molecule has 4 heteroatoms. The average Bonchev–Trinajstić information content (AvgIpc) is 3.21. The first-order valence-electron chi connectivity index (χ1n) is 6.83. The molecule has 18 heavy (non-hydrogen) atoms. The molecule has 0 unspecified atom stereocenters. The summed E-state index contributed by atoms with van der Waals surface area (Å²) < 4.78 is 0. The van der Waals surface area contributed by atoms with Crippen molar-refractivity contribution in [3.05, 3.63) is 22.8 Å². The molecule has 1 aromatic rings. The van der Waals surface area contributed by atoms with Gasteiger partial charge in [0.05, 0.1) is 5.02 Å². The number of hydrogen-bond acceptors (Lipinski definition) is 3. The monoisotopic (exact) mass is 265 g/mol. The molecule has 2 aliphatic rings. The van der Waals surface area contributed by atoms with E-state index in [0.717, 1.165) is 35.4 Å². The van der Waals surface area contributed by atoms with Crippen LogP contribution in [0.2, 0.25) is 5.02 Å². The van der Waals surface area contributed by atoms with E-state index in [9.17, 15) is 0 Å². The summed E-state index contributed by atoms with van der Waals surface area (Å²) in [5, 5.41) is 3.93. The standard InChI is InChI=1S/C14H20ClN3/c1-16-7-11-6-13(15)14(17-8-11)18(12-4-5-12)9-10-2-3-10/h6,8,10,12,16H,2-5,7,9H2,1H3. The smallest absolute Gasteiger partial charge is 0.147 e. The second-order valence-corrected chi connectivity index (χ2v) is 5.91. The summed E-state index contributed by atoms with van der Waals surface area (Å²) in [7, 11) is 1.94. The molecule has 0 bridgehead atoms. The Morgan fingerprint density at radius 2 is 2.17 bits per heavy atom. The zero-order chi connectivity index (χ0) is 12.5. The van der Waals surface area contributed by atoms with Crippen molar-refractivity contribution in [2.45, 2.75) is 38.3 Å². The fourth-order valence-corrected chi connectivity index (χ4v) is 2.65. The summed E-state index contributed by atoms with van der Waals surface area (Å²) in [4.78, 5) is 7.03. The zero-order valence-corrected chi connectivity index (χ0v) is 11.6. The summed E-state index contributed by atoms with van der Waals surface area (Å²) in [6.45, 7) is 1.96. The maximum atomic E-state index is 6.40. The third-order valence-electron chi connectivity index (χ3n) is 3.67. The van der Waals surface area contributed by atoms with Crippen molar-refractivity contribution < 1.29 is 0 Å². The first-order valence-corrected chi connectivity index (χ1v) is 7.21. The molecule has 0 atom stereocenters. The van der Waals surface area contributed by atoms with Crippen LogP contribution in [0.5, 0.6) is 0 Å². The molecule has 0 aliphatic heterocycles. The predicted octanol–water partition coefficient (Wildman–Crippen LogP) is 2.83. The molecule has 3 nitrogen and oxygen atoms in total. The van der Waals surface area contributed by atoms with E-state index in [2.05, 4.69) is 15.2 Å². The van der Waals surface area contributed by atoms with Crippen LogP contribution >= 0.6 is 11.6 Å². The number of hydrogen-bond donors (Lipinski definition) is 1. The van der Waals surface area contributed by atoms with Crippen molar-refractivity contribution in [1.82, 2.24) is 10.3 Å². The van der Waals surface area contributed by atoms with E-state index < -0.39 is 0 Å². The second kappa shape index (κ2) is 5.06. The summed E-state index contributed by atoms with van der Waals surface area (Å²) in [5.41, 5.74) is 1.15. The number of nitrogens with zero attached hydrogens (tertiary/aromatic N) is 2. The van der Waals surface area contributed by atoms with Crippen LogP contribution in [0.3, 0.4) is 0 Å². The highest BCUT2D eigenvalue weighted by Crippen LogP contribution is 2.39. The van der Waals surface area contributed by atoms with Crippen molar-refractivity contribution in [3.8, 4) is 0 Å². The van der Waals surface area contributed by atoms with Crippen LogP contribution < -0.4 is 10.2 Å². The van der Waals surface area contributed by atoms with E-state index in [1.165, 1.54) is 25.7 Å². The van der Waals surface area contributed by atoms with Gasteiger partial charge in [0.15, 0.2) is 0 Å². The summed E-state index contributed by atoms with van der Waals surface area (Å²) in [6.07, 6.45) is 7.28. The number of nitrogens with one attached hydrogen (secondary N) is 1. The molecule has 98 valence electrons. The van der Waals surface area contributed by atoms with E-state index in [0.29, 0.717) is 6.04 Å². The van der Waals surface area contributed by atoms with E-state index in [1.54, 1.807) is 0 Å². The minimum atomic E-state index is 0.686. The topological polar surface area (TPSA) is 28.2 Å². The highest BCUT2D eigenvalue weighted by molar-refractivity contribution is 6.33. The molecule has 1 aromatic heterocycles. The first-order chi connectivity index (χ1) is 8.78. The second-order valence-electron chi connectivity index (χ2n) is 5.51. The molecule has 0 spiro atoms. The Hall–Kier alpha value is -0.800. The normalized spacial score (nSPS) is 19.0. The third-order valence-corrected chi connectivity index (χ3v) is 3.95. The number of aromatic nitrogens is 1. The van der Waals surface area contributed by atoms with Gasteiger partial charge in [0.1, 0.15) is 5.82 Å². The molecule has 0 amide bonds. The summed E-state index contributed by atoms with van der Waals surface area (Å²) >= 11 is 6.40. The largest absolute Gasteiger partial charge is 0.352 e. The van der Waals surface area contributed by atoms with Crippen molar-refractivity contribution in [2.24, 2.45) is 5.92 Å². The van der Waals surface area contributed by atoms with Gasteiger partial charge in [-0.15, -0.1) is 0 Å². The molecule has 1 heterocycles. The number of halogens is 1. The molecular weight excluding hydrogens is 246 g/mol. The molecule has 2 saturated carbocycles. The Morgan fingerprint density at radius 3 is 2.72 bits per heavy atom. The fourth-order valence-electron chi connectivity index (χ4n) is 2.36. The van der Waals surface area contributed by atoms with Crippen LogP contribution in [0.1, 0.15) is 31.2 Å². The van der Waals surface area contributed by atoms with Gasteiger partial charge in [0, 0.05) is 25.3 Å². The van der Waals surface area contributed by atoms with Gasteiger partial charge >= 0.3 is 0 Å². The number of anilines is 1. The van der Waals surface area contributed by atoms with Crippen LogP contribution in [-0.2, 0) is 6.54 Å². The lowest BCUT2D eigenvalue weighted by atomic mass is 10.2. The van der Waals surface area contributed by atoms with Crippen molar-refractivity contribution >= 4 is 17.4 Å². The van der Waals surface area contributed by atoms with Gasteiger partial charge in [-0.05, 0) is 50.3 Å². The molecule has 2 fully saturated rings. The fraction of sp³-hybridized carbons (Fsp3) is 0.643. The van der Waals surface area contributed by atoms with E-state index >= 15 is 0 Å². The van der Waals surface area contributed by atoms with E-state index in [1.807, 2.05) is 19.3 Å². The van der Waals surface area contributed by atoms with Gasteiger partial charge in [-0.3, -0.25) is 0 Å². The van der Waals surface area contributed by atoms with Crippen molar-refractivity contribution in [2.75, 3.05) is 18.5 Å². The minimum absolute atomic E-state index is 0.686. The highest BCUT2D eigenvalue weighted by atomic mass is 35.5. The maximum absolute atomic E-state index is 6.40. The Bertz CT molecular complexity index is 427. The lowest BCUT2D eigenvalue weighted by molar-refractivity contribution is 0.707. The molecule has 0 radical (unpaired) electrons. The number of rotatable bonds is 6.